The van der Waals surface area contributed by atoms with Crippen molar-refractivity contribution in [2.24, 2.45) is 0 Å². The summed E-state index contributed by atoms with van der Waals surface area (Å²) < 4.78 is 0. The van der Waals surface area contributed by atoms with Crippen LogP contribution in [-0.2, 0) is 16.0 Å². The van der Waals surface area contributed by atoms with Crippen molar-refractivity contribution in [3.63, 3.8) is 0 Å². The lowest BCUT2D eigenvalue weighted by atomic mass is 9.97. The molecule has 1 heterocycles. The van der Waals surface area contributed by atoms with Gasteiger partial charge in [0.25, 0.3) is 0 Å². The van der Waals surface area contributed by atoms with E-state index in [2.05, 4.69) is 22.4 Å². The first-order valence-electron chi connectivity index (χ1n) is 9.88. The third kappa shape index (κ3) is 5.46. The zero-order valence-electron chi connectivity index (χ0n) is 16.1. The van der Waals surface area contributed by atoms with Crippen molar-refractivity contribution < 1.29 is 9.59 Å². The van der Waals surface area contributed by atoms with Gasteiger partial charge < -0.3 is 15.2 Å². The van der Waals surface area contributed by atoms with E-state index in [1.807, 2.05) is 24.4 Å². The summed E-state index contributed by atoms with van der Waals surface area (Å²) in [6, 6.07) is 8.12. The molecule has 0 unspecified atom stereocenters. The van der Waals surface area contributed by atoms with Crippen LogP contribution in [0.25, 0.3) is 10.9 Å². The van der Waals surface area contributed by atoms with Crippen LogP contribution in [0.1, 0.15) is 44.6 Å². The molecule has 0 fully saturated rings. The van der Waals surface area contributed by atoms with E-state index in [0.717, 1.165) is 31.2 Å². The molecule has 0 spiro atoms. The van der Waals surface area contributed by atoms with Gasteiger partial charge in [0.15, 0.2) is 0 Å². The number of hydrogen-bond acceptors (Lipinski definition) is 2. The summed E-state index contributed by atoms with van der Waals surface area (Å²) in [5.41, 5.74) is 3.71. The van der Waals surface area contributed by atoms with Gasteiger partial charge in [-0.3, -0.25) is 9.59 Å². The lowest BCUT2D eigenvalue weighted by Crippen LogP contribution is -2.41. The molecule has 144 valence electrons. The highest BCUT2D eigenvalue weighted by Crippen LogP contribution is 2.19. The number of carbonyl (C=O) groups excluding carboxylic acids is 2. The van der Waals surface area contributed by atoms with Crippen molar-refractivity contribution in [2.75, 3.05) is 19.6 Å². The first-order valence-corrected chi connectivity index (χ1v) is 9.88. The molecule has 2 aromatic rings. The predicted molar refractivity (Wildman–Crippen MR) is 108 cm³/mol. The number of nitrogens with zero attached hydrogens (tertiary/aromatic N) is 1. The number of H-pyrrole nitrogens is 1. The van der Waals surface area contributed by atoms with Crippen molar-refractivity contribution in [2.45, 2.75) is 45.4 Å². The lowest BCUT2D eigenvalue weighted by Gasteiger charge is -2.20. The summed E-state index contributed by atoms with van der Waals surface area (Å²) in [7, 11) is 0. The Morgan fingerprint density at radius 2 is 2.04 bits per heavy atom. The van der Waals surface area contributed by atoms with Crippen LogP contribution in [-0.4, -0.2) is 41.3 Å². The Balaban J connectivity index is 1.47. The van der Waals surface area contributed by atoms with Crippen LogP contribution in [0.2, 0.25) is 0 Å². The SMILES string of the molecule is CC(=O)N(CCc1c[nH]c2ccccc12)CC(=O)NCCC1=CCCCC1. The molecular formula is C22H29N3O2. The van der Waals surface area contributed by atoms with E-state index in [0.29, 0.717) is 13.1 Å². The molecule has 0 saturated heterocycles. The Bertz CT molecular complexity index is 822. The van der Waals surface area contributed by atoms with E-state index in [9.17, 15) is 9.59 Å². The van der Waals surface area contributed by atoms with Gasteiger partial charge in [0.2, 0.25) is 11.8 Å². The monoisotopic (exact) mass is 367 g/mol. The second kappa shape index (κ2) is 9.40. The van der Waals surface area contributed by atoms with E-state index in [1.54, 1.807) is 4.90 Å². The summed E-state index contributed by atoms with van der Waals surface area (Å²) in [5, 5.41) is 4.13. The second-order valence-electron chi connectivity index (χ2n) is 7.26. The van der Waals surface area contributed by atoms with Crippen LogP contribution in [0, 0.1) is 0 Å². The van der Waals surface area contributed by atoms with Crippen LogP contribution in [0.15, 0.2) is 42.1 Å². The smallest absolute Gasteiger partial charge is 0.239 e. The zero-order chi connectivity index (χ0) is 19.1. The highest BCUT2D eigenvalue weighted by Gasteiger charge is 2.14. The van der Waals surface area contributed by atoms with E-state index < -0.39 is 0 Å². The number of aromatic nitrogens is 1. The number of allylic oxidation sites excluding steroid dienone is 1. The summed E-state index contributed by atoms with van der Waals surface area (Å²) in [4.78, 5) is 29.1. The van der Waals surface area contributed by atoms with Gasteiger partial charge >= 0.3 is 0 Å². The maximum atomic E-state index is 12.2. The molecule has 0 atom stereocenters. The number of para-hydroxylation sites is 1. The minimum atomic E-state index is -0.0828. The number of carbonyl (C=O) groups is 2. The zero-order valence-corrected chi connectivity index (χ0v) is 16.1. The van der Waals surface area contributed by atoms with Crippen molar-refractivity contribution >= 4 is 22.7 Å². The van der Waals surface area contributed by atoms with Gasteiger partial charge in [-0.15, -0.1) is 0 Å². The number of benzene rings is 1. The molecule has 0 aliphatic heterocycles. The van der Waals surface area contributed by atoms with Crippen molar-refractivity contribution in [1.29, 1.82) is 0 Å². The Morgan fingerprint density at radius 3 is 2.81 bits per heavy atom. The summed E-state index contributed by atoms with van der Waals surface area (Å²) in [6.07, 6.45) is 10.8. The van der Waals surface area contributed by atoms with Gasteiger partial charge in [0.1, 0.15) is 0 Å². The minimum Gasteiger partial charge on any atom is -0.361 e. The molecule has 1 aromatic carbocycles. The van der Waals surface area contributed by atoms with E-state index >= 15 is 0 Å². The van der Waals surface area contributed by atoms with E-state index in [1.165, 1.54) is 36.3 Å². The Hall–Kier alpha value is -2.56. The molecule has 5 nitrogen and oxygen atoms in total. The molecule has 0 saturated carbocycles. The topological polar surface area (TPSA) is 65.2 Å². The third-order valence-electron chi connectivity index (χ3n) is 5.26. The molecule has 27 heavy (non-hydrogen) atoms. The van der Waals surface area contributed by atoms with Gasteiger partial charge in [-0.05, 0) is 50.2 Å². The maximum absolute atomic E-state index is 12.2. The number of hydrogen-bond donors (Lipinski definition) is 2. The maximum Gasteiger partial charge on any atom is 0.239 e. The average molecular weight is 367 g/mol. The Morgan fingerprint density at radius 1 is 1.19 bits per heavy atom. The van der Waals surface area contributed by atoms with Crippen LogP contribution in [0.3, 0.4) is 0 Å². The second-order valence-corrected chi connectivity index (χ2v) is 7.26. The molecule has 3 rings (SSSR count). The van der Waals surface area contributed by atoms with Gasteiger partial charge in [0, 0.05) is 37.1 Å². The Kier molecular flexibility index (Phi) is 6.69. The van der Waals surface area contributed by atoms with Gasteiger partial charge in [-0.25, -0.2) is 0 Å². The standard InChI is InChI=1S/C22H29N3O2/c1-17(26)25(14-12-19-15-24-21-10-6-5-9-20(19)21)16-22(27)23-13-11-18-7-3-2-4-8-18/h5-7,9-10,15,24H,2-4,8,11-14,16H2,1H3,(H,23,27). The van der Waals surface area contributed by atoms with E-state index in [-0.39, 0.29) is 18.4 Å². The van der Waals surface area contributed by atoms with Crippen LogP contribution in [0.5, 0.6) is 0 Å². The van der Waals surface area contributed by atoms with Crippen molar-refractivity contribution in [1.82, 2.24) is 15.2 Å². The van der Waals surface area contributed by atoms with Crippen molar-refractivity contribution in [3.05, 3.63) is 47.7 Å². The van der Waals surface area contributed by atoms with Gasteiger partial charge in [-0.1, -0.05) is 29.8 Å². The number of aromatic amines is 1. The predicted octanol–water partition coefficient (Wildman–Crippen LogP) is 3.57. The molecule has 1 aliphatic carbocycles. The number of amides is 2. The van der Waals surface area contributed by atoms with Gasteiger partial charge in [0.05, 0.1) is 6.54 Å². The number of nitrogens with one attached hydrogen (secondary N) is 2. The molecule has 5 heteroatoms. The Labute approximate surface area is 160 Å². The highest BCUT2D eigenvalue weighted by atomic mass is 16.2. The number of rotatable bonds is 8. The fourth-order valence-electron chi connectivity index (χ4n) is 3.67. The van der Waals surface area contributed by atoms with Crippen molar-refractivity contribution in [3.8, 4) is 0 Å². The largest absolute Gasteiger partial charge is 0.361 e. The fourth-order valence-corrected chi connectivity index (χ4v) is 3.67. The van der Waals surface area contributed by atoms with Crippen LogP contribution in [0.4, 0.5) is 0 Å². The molecule has 1 aromatic heterocycles. The molecular weight excluding hydrogens is 338 g/mol. The molecule has 0 bridgehead atoms. The highest BCUT2D eigenvalue weighted by molar-refractivity contribution is 5.84. The first-order chi connectivity index (χ1) is 13.1. The average Bonchev–Trinajstić information content (AvgIpc) is 3.09. The quantitative estimate of drug-likeness (QED) is 0.701. The van der Waals surface area contributed by atoms with E-state index in [4.69, 9.17) is 0 Å². The summed E-state index contributed by atoms with van der Waals surface area (Å²) >= 11 is 0. The molecule has 1 aliphatic rings. The summed E-state index contributed by atoms with van der Waals surface area (Å²) in [5.74, 6) is -0.152. The molecule has 2 N–H and O–H groups in total. The van der Waals surface area contributed by atoms with Gasteiger partial charge in [-0.2, -0.15) is 0 Å². The third-order valence-corrected chi connectivity index (χ3v) is 5.26. The van der Waals surface area contributed by atoms with Crippen LogP contribution >= 0.6 is 0 Å². The lowest BCUT2D eigenvalue weighted by molar-refractivity contribution is -0.134. The fraction of sp³-hybridized carbons (Fsp3) is 0.455. The first kappa shape index (κ1) is 19.2. The van der Waals surface area contributed by atoms with Crippen LogP contribution < -0.4 is 5.32 Å². The minimum absolute atomic E-state index is 0.0695. The molecule has 2 amide bonds. The molecule has 0 radical (unpaired) electrons. The summed E-state index contributed by atoms with van der Waals surface area (Å²) in [6.45, 7) is 2.83. The number of fused-ring (bicyclic) bond motifs is 1. The normalized spacial score (nSPS) is 14.0.